The van der Waals surface area contributed by atoms with E-state index in [1.165, 1.54) is 0 Å². The third-order valence-corrected chi connectivity index (χ3v) is 2.82. The summed E-state index contributed by atoms with van der Waals surface area (Å²) in [7, 11) is 0. The minimum atomic E-state index is -0.859. The summed E-state index contributed by atoms with van der Waals surface area (Å²) < 4.78 is -0.398. The highest BCUT2D eigenvalue weighted by atomic mass is 35.5. The van der Waals surface area contributed by atoms with E-state index in [1.54, 1.807) is 0 Å². The summed E-state index contributed by atoms with van der Waals surface area (Å²) in [5.74, 6) is -0.859. The van der Waals surface area contributed by atoms with Crippen molar-refractivity contribution in [1.82, 2.24) is 10.6 Å². The molecule has 0 radical (unpaired) electrons. The molecule has 0 heterocycles. The van der Waals surface area contributed by atoms with Crippen LogP contribution in [0.1, 0.15) is 5.56 Å². The second kappa shape index (κ2) is 7.26. The normalized spacial score (nSPS) is 9.50. The van der Waals surface area contributed by atoms with Crippen molar-refractivity contribution in [3.05, 3.63) is 45.4 Å². The summed E-state index contributed by atoms with van der Waals surface area (Å²) in [6.07, 6.45) is 0. The fraction of sp³-hybridized carbons (Fsp3) is 0.0909. The molecule has 1 aromatic carbocycles. The predicted octanol–water partition coefficient (Wildman–Crippen LogP) is 2.90. The van der Waals surface area contributed by atoms with Crippen LogP contribution in [0.15, 0.2) is 39.9 Å². The lowest BCUT2D eigenvalue weighted by Crippen LogP contribution is -2.39. The van der Waals surface area contributed by atoms with Crippen LogP contribution < -0.4 is 10.6 Å². The van der Waals surface area contributed by atoms with Crippen molar-refractivity contribution in [3.63, 3.8) is 0 Å². The van der Waals surface area contributed by atoms with Gasteiger partial charge in [0.2, 0.25) is 0 Å². The minimum Gasteiger partial charge on any atom is -0.334 e. The van der Waals surface area contributed by atoms with Crippen molar-refractivity contribution in [2.45, 2.75) is 6.54 Å². The van der Waals surface area contributed by atoms with Crippen LogP contribution in [0.25, 0.3) is 0 Å². The molecule has 0 fully saturated rings. The molecule has 7 heteroatoms. The molecule has 0 atom stereocenters. The van der Waals surface area contributed by atoms with Gasteiger partial charge >= 0.3 is 6.03 Å². The van der Waals surface area contributed by atoms with E-state index in [4.69, 9.17) is 34.8 Å². The molecule has 3 amide bonds. The van der Waals surface area contributed by atoms with Gasteiger partial charge in [0, 0.05) is 6.54 Å². The molecular weight excluding hydrogens is 298 g/mol. The summed E-state index contributed by atoms with van der Waals surface area (Å²) >= 11 is 16.1. The molecular formula is C11H9Cl3N2O2. The zero-order chi connectivity index (χ0) is 13.5. The highest BCUT2D eigenvalue weighted by Crippen LogP contribution is 2.17. The maximum absolute atomic E-state index is 11.3. The van der Waals surface area contributed by atoms with Crippen molar-refractivity contribution in [2.75, 3.05) is 0 Å². The van der Waals surface area contributed by atoms with Gasteiger partial charge in [0.05, 0.1) is 0 Å². The van der Waals surface area contributed by atoms with E-state index in [-0.39, 0.29) is 6.54 Å². The number of nitrogens with one attached hydrogen (secondary N) is 2. The molecule has 96 valence electrons. The molecule has 0 aliphatic rings. The minimum absolute atomic E-state index is 0.288. The van der Waals surface area contributed by atoms with Crippen molar-refractivity contribution >= 4 is 46.7 Å². The molecule has 18 heavy (non-hydrogen) atoms. The predicted molar refractivity (Wildman–Crippen MR) is 71.4 cm³/mol. The third-order valence-electron chi connectivity index (χ3n) is 1.89. The Morgan fingerprint density at radius 2 is 1.67 bits per heavy atom. The Kier molecular flexibility index (Phi) is 5.98. The number of imide groups is 1. The van der Waals surface area contributed by atoms with Gasteiger partial charge in [-0.15, -0.1) is 0 Å². The zero-order valence-corrected chi connectivity index (χ0v) is 11.3. The first kappa shape index (κ1) is 14.8. The average molecular weight is 308 g/mol. The maximum Gasteiger partial charge on any atom is 0.322 e. The van der Waals surface area contributed by atoms with Crippen LogP contribution in [0.3, 0.4) is 0 Å². The van der Waals surface area contributed by atoms with Gasteiger partial charge in [-0.25, -0.2) is 4.79 Å². The molecule has 0 aliphatic heterocycles. The number of carbonyl (C=O) groups excluding carboxylic acids is 2. The lowest BCUT2D eigenvalue weighted by Gasteiger charge is -2.06. The molecule has 1 aromatic rings. The number of benzene rings is 1. The van der Waals surface area contributed by atoms with Crippen LogP contribution in [-0.4, -0.2) is 11.9 Å². The Hall–Kier alpha value is -1.23. The first-order chi connectivity index (χ1) is 8.50. The second-order valence-electron chi connectivity index (χ2n) is 3.20. The van der Waals surface area contributed by atoms with Crippen molar-refractivity contribution in [2.24, 2.45) is 0 Å². The molecule has 0 spiro atoms. The Labute approximate surface area is 119 Å². The van der Waals surface area contributed by atoms with E-state index in [0.717, 1.165) is 5.56 Å². The third kappa shape index (κ3) is 4.96. The number of carbonyl (C=O) groups is 2. The van der Waals surface area contributed by atoms with Crippen LogP contribution in [0.5, 0.6) is 0 Å². The first-order valence-corrected chi connectivity index (χ1v) is 5.98. The number of hydrogen-bond acceptors (Lipinski definition) is 2. The zero-order valence-electron chi connectivity index (χ0n) is 9.04. The van der Waals surface area contributed by atoms with Crippen LogP contribution in [0.2, 0.25) is 0 Å². The van der Waals surface area contributed by atoms with Crippen LogP contribution >= 0.6 is 34.8 Å². The van der Waals surface area contributed by atoms with Crippen LogP contribution in [-0.2, 0) is 11.3 Å². The maximum atomic E-state index is 11.3. The van der Waals surface area contributed by atoms with E-state index in [9.17, 15) is 9.59 Å². The number of rotatable bonds is 3. The summed E-state index contributed by atoms with van der Waals surface area (Å²) in [5.41, 5.74) is 0.900. The average Bonchev–Trinajstić information content (AvgIpc) is 2.36. The molecule has 0 aliphatic carbocycles. The van der Waals surface area contributed by atoms with Crippen molar-refractivity contribution in [3.8, 4) is 0 Å². The number of amides is 3. The molecule has 0 unspecified atom stereocenters. The Morgan fingerprint density at radius 1 is 1.06 bits per heavy atom. The standard InChI is InChI=1S/C11H9Cl3N2O2/c12-8(9(13)14)10(17)16-11(18)15-6-7-4-2-1-3-5-7/h1-5H,6H2,(H2,15,16,17,18). The van der Waals surface area contributed by atoms with Crippen LogP contribution in [0, 0.1) is 0 Å². The van der Waals surface area contributed by atoms with Gasteiger partial charge < -0.3 is 5.32 Å². The lowest BCUT2D eigenvalue weighted by atomic mass is 10.2. The first-order valence-electron chi connectivity index (χ1n) is 4.84. The largest absolute Gasteiger partial charge is 0.334 e. The number of hydrogen-bond donors (Lipinski definition) is 2. The molecule has 0 aromatic heterocycles. The second-order valence-corrected chi connectivity index (χ2v) is 4.52. The van der Waals surface area contributed by atoms with Gasteiger partial charge in [0.25, 0.3) is 5.91 Å². The molecule has 2 N–H and O–H groups in total. The van der Waals surface area contributed by atoms with Crippen molar-refractivity contribution in [1.29, 1.82) is 0 Å². The van der Waals surface area contributed by atoms with E-state index in [1.807, 2.05) is 35.6 Å². The van der Waals surface area contributed by atoms with E-state index in [0.29, 0.717) is 0 Å². The van der Waals surface area contributed by atoms with Gasteiger partial charge in [-0.2, -0.15) is 0 Å². The summed E-state index contributed by atoms with van der Waals surface area (Å²) in [5, 5.41) is 4.03. The number of halogens is 3. The fourth-order valence-corrected chi connectivity index (χ4v) is 1.29. The topological polar surface area (TPSA) is 58.2 Å². The highest BCUT2D eigenvalue weighted by molar-refractivity contribution is 6.62. The Morgan fingerprint density at radius 3 is 2.22 bits per heavy atom. The van der Waals surface area contributed by atoms with E-state index >= 15 is 0 Å². The molecule has 4 nitrogen and oxygen atoms in total. The van der Waals surface area contributed by atoms with Gasteiger partial charge in [-0.3, -0.25) is 10.1 Å². The highest BCUT2D eigenvalue weighted by Gasteiger charge is 2.13. The van der Waals surface area contributed by atoms with Gasteiger partial charge in [0.15, 0.2) is 0 Å². The summed E-state index contributed by atoms with van der Waals surface area (Å²) in [4.78, 5) is 22.6. The Bertz CT molecular complexity index is 470. The molecule has 0 bridgehead atoms. The van der Waals surface area contributed by atoms with Gasteiger partial charge in [0.1, 0.15) is 9.52 Å². The monoisotopic (exact) mass is 306 g/mol. The molecule has 0 saturated carbocycles. The fourth-order valence-electron chi connectivity index (χ4n) is 1.07. The summed E-state index contributed by atoms with van der Waals surface area (Å²) in [6.45, 7) is 0.288. The van der Waals surface area contributed by atoms with E-state index < -0.39 is 21.5 Å². The number of urea groups is 1. The molecule has 1 rings (SSSR count). The Balaban J connectivity index is 2.44. The van der Waals surface area contributed by atoms with E-state index in [2.05, 4.69) is 5.32 Å². The van der Waals surface area contributed by atoms with Crippen molar-refractivity contribution < 1.29 is 9.59 Å². The molecule has 0 saturated heterocycles. The van der Waals surface area contributed by atoms with Gasteiger partial charge in [-0.1, -0.05) is 65.1 Å². The smallest absolute Gasteiger partial charge is 0.322 e. The quantitative estimate of drug-likeness (QED) is 0.844. The van der Waals surface area contributed by atoms with Crippen LogP contribution in [0.4, 0.5) is 4.79 Å². The lowest BCUT2D eigenvalue weighted by molar-refractivity contribution is -0.115. The summed E-state index contributed by atoms with van der Waals surface area (Å²) in [6, 6.07) is 8.53. The SMILES string of the molecule is O=C(NCc1ccccc1)NC(=O)C(Cl)=C(Cl)Cl. The van der Waals surface area contributed by atoms with Gasteiger partial charge in [-0.05, 0) is 5.56 Å².